The van der Waals surface area contributed by atoms with Gasteiger partial charge >= 0.3 is 0 Å². The Kier molecular flexibility index (Phi) is 3.42. The molecule has 1 aromatic carbocycles. The Bertz CT molecular complexity index is 243. The van der Waals surface area contributed by atoms with E-state index in [2.05, 4.69) is 56.7 Å². The van der Waals surface area contributed by atoms with Gasteiger partial charge in [0.1, 0.15) is 0 Å². The molecule has 0 radical (unpaired) electrons. The fraction of sp³-hybridized carbons (Fsp3) is 0. The van der Waals surface area contributed by atoms with E-state index < -0.39 is 0 Å². The van der Waals surface area contributed by atoms with Gasteiger partial charge in [-0.1, -0.05) is 28.1 Å². The average molecular weight is 309 g/mol. The molecule has 10 heavy (non-hydrogen) atoms. The summed E-state index contributed by atoms with van der Waals surface area (Å²) in [6, 6.07) is 8.31. The van der Waals surface area contributed by atoms with Crippen molar-refractivity contribution in [2.45, 2.75) is 0 Å². The van der Waals surface area contributed by atoms with E-state index in [9.17, 15) is 0 Å². The van der Waals surface area contributed by atoms with Crippen LogP contribution in [-0.4, -0.2) is 0 Å². The minimum Gasteiger partial charge on any atom is -0.0606 e. The van der Waals surface area contributed by atoms with Crippen LogP contribution in [-0.2, 0) is 0 Å². The van der Waals surface area contributed by atoms with Gasteiger partial charge in [-0.15, -0.1) is 0 Å². The molecule has 0 aliphatic rings. The van der Waals surface area contributed by atoms with Crippen LogP contribution in [0.1, 0.15) is 5.56 Å². The maximum absolute atomic E-state index is 3.23. The predicted molar refractivity (Wildman–Crippen MR) is 57.1 cm³/mol. The zero-order chi connectivity index (χ0) is 7.40. The molecule has 0 spiro atoms. The zero-order valence-corrected chi connectivity index (χ0v) is 8.96. The molecule has 1 rings (SSSR count). The van der Waals surface area contributed by atoms with Gasteiger partial charge in [-0.25, -0.2) is 0 Å². The molecule has 0 unspecified atom stereocenters. The molecule has 1 aromatic rings. The number of hydrogen-bond acceptors (Lipinski definition) is 0. The summed E-state index contributed by atoms with van der Waals surface area (Å²) in [4.78, 5) is 1.86. The Morgan fingerprint density at radius 3 is 2.80 bits per heavy atom. The molecule has 2 heteroatoms. The van der Waals surface area contributed by atoms with Gasteiger partial charge in [0, 0.05) is 3.57 Å². The molecule has 0 aliphatic heterocycles. The van der Waals surface area contributed by atoms with Crippen LogP contribution >= 0.6 is 38.5 Å². The molecule has 0 N–H and O–H groups in total. The highest BCUT2D eigenvalue weighted by molar-refractivity contribution is 14.1. The Morgan fingerprint density at radius 2 is 2.20 bits per heavy atom. The lowest BCUT2D eigenvalue weighted by Crippen LogP contribution is -1.71. The summed E-state index contributed by atoms with van der Waals surface area (Å²) in [6.07, 6.45) is 2.02. The smallest absolute Gasteiger partial charge is 0.0136 e. The fourth-order valence-corrected chi connectivity index (χ4v) is 1.56. The third-order valence-corrected chi connectivity index (χ3v) is 2.04. The van der Waals surface area contributed by atoms with E-state index in [1.165, 1.54) is 9.13 Å². The molecule has 0 saturated carbocycles. The van der Waals surface area contributed by atoms with Crippen LogP contribution < -0.4 is 0 Å². The first-order valence-electron chi connectivity index (χ1n) is 2.85. The summed E-state index contributed by atoms with van der Waals surface area (Å²) in [5.41, 5.74) is 1.23. The minimum atomic E-state index is 1.23. The average Bonchev–Trinajstić information content (AvgIpc) is 1.88. The van der Waals surface area contributed by atoms with Gasteiger partial charge in [0.05, 0.1) is 0 Å². The zero-order valence-electron chi connectivity index (χ0n) is 5.22. The minimum absolute atomic E-state index is 1.23. The molecule has 0 heterocycles. The van der Waals surface area contributed by atoms with Crippen LogP contribution in [0.3, 0.4) is 0 Å². The second-order valence-corrected chi connectivity index (χ2v) is 3.62. The molecule has 0 aromatic heterocycles. The molecule has 0 atom stereocenters. The lowest BCUT2D eigenvalue weighted by Gasteiger charge is -1.91. The van der Waals surface area contributed by atoms with Crippen molar-refractivity contribution in [3.8, 4) is 0 Å². The molecule has 0 bridgehead atoms. The van der Waals surface area contributed by atoms with Crippen LogP contribution in [0.25, 0.3) is 6.08 Å². The molecule has 52 valence electrons. The van der Waals surface area contributed by atoms with Gasteiger partial charge in [0.25, 0.3) is 0 Å². The normalized spacial score (nSPS) is 10.6. The first kappa shape index (κ1) is 8.27. The highest BCUT2D eigenvalue weighted by atomic mass is 127. The summed E-state index contributed by atoms with van der Waals surface area (Å²) in [7, 11) is 0. The van der Waals surface area contributed by atoms with Crippen molar-refractivity contribution in [3.63, 3.8) is 0 Å². The number of rotatable bonds is 1. The highest BCUT2D eigenvalue weighted by Crippen LogP contribution is 2.09. The molecule has 0 aliphatic carbocycles. The van der Waals surface area contributed by atoms with E-state index in [4.69, 9.17) is 0 Å². The van der Waals surface area contributed by atoms with Gasteiger partial charge in [0.15, 0.2) is 0 Å². The van der Waals surface area contributed by atoms with Gasteiger partial charge in [-0.2, -0.15) is 0 Å². The molecule has 0 saturated heterocycles. The number of benzene rings is 1. The monoisotopic (exact) mass is 308 g/mol. The van der Waals surface area contributed by atoms with Gasteiger partial charge in [0.2, 0.25) is 0 Å². The summed E-state index contributed by atoms with van der Waals surface area (Å²) < 4.78 is 1.26. The van der Waals surface area contributed by atoms with Crippen LogP contribution in [0.5, 0.6) is 0 Å². The number of hydrogen-bond donors (Lipinski definition) is 0. The van der Waals surface area contributed by atoms with E-state index >= 15 is 0 Å². The van der Waals surface area contributed by atoms with Crippen LogP contribution in [0.2, 0.25) is 0 Å². The van der Waals surface area contributed by atoms with Crippen molar-refractivity contribution in [3.05, 3.63) is 38.4 Å². The number of halogens is 2. The second-order valence-electron chi connectivity index (χ2n) is 1.85. The fourth-order valence-electron chi connectivity index (χ4n) is 0.683. The van der Waals surface area contributed by atoms with Crippen molar-refractivity contribution in [1.29, 1.82) is 0 Å². The Morgan fingerprint density at radius 1 is 1.40 bits per heavy atom. The Balaban J connectivity index is 2.95. The maximum Gasteiger partial charge on any atom is 0.0136 e. The highest BCUT2D eigenvalue weighted by Gasteiger charge is 1.85. The first-order chi connectivity index (χ1) is 4.83. The summed E-state index contributed by atoms with van der Waals surface area (Å²) >= 11 is 5.52. The molecular formula is C8H6BrI. The Hall–Kier alpha value is 0.170. The summed E-state index contributed by atoms with van der Waals surface area (Å²) in [5, 5.41) is 0. The summed E-state index contributed by atoms with van der Waals surface area (Å²) in [5.74, 6) is 0. The standard InChI is InChI=1S/C8H6BrI/c9-5-4-7-2-1-3-8(10)6-7/h1-6H/b5-4+. The maximum atomic E-state index is 3.23. The van der Waals surface area contributed by atoms with E-state index in [1.54, 1.807) is 0 Å². The SMILES string of the molecule is Br/C=C/c1cccc(I)c1. The van der Waals surface area contributed by atoms with Crippen LogP contribution in [0.15, 0.2) is 29.3 Å². The van der Waals surface area contributed by atoms with Crippen molar-refractivity contribution < 1.29 is 0 Å². The van der Waals surface area contributed by atoms with Gasteiger partial charge < -0.3 is 0 Å². The van der Waals surface area contributed by atoms with E-state index in [0.717, 1.165) is 0 Å². The van der Waals surface area contributed by atoms with Crippen molar-refractivity contribution in [2.75, 3.05) is 0 Å². The lowest BCUT2D eigenvalue weighted by atomic mass is 10.2. The molecular weight excluding hydrogens is 303 g/mol. The molecule has 0 nitrogen and oxygen atoms in total. The van der Waals surface area contributed by atoms with Crippen molar-refractivity contribution in [1.82, 2.24) is 0 Å². The third kappa shape index (κ3) is 2.42. The first-order valence-corrected chi connectivity index (χ1v) is 4.85. The molecule has 0 amide bonds. The van der Waals surface area contributed by atoms with E-state index in [1.807, 2.05) is 17.1 Å². The van der Waals surface area contributed by atoms with E-state index in [0.29, 0.717) is 0 Å². The third-order valence-electron chi connectivity index (χ3n) is 1.10. The van der Waals surface area contributed by atoms with Crippen LogP contribution in [0.4, 0.5) is 0 Å². The predicted octanol–water partition coefficient (Wildman–Crippen LogP) is 3.66. The molecule has 0 fully saturated rings. The van der Waals surface area contributed by atoms with E-state index in [-0.39, 0.29) is 0 Å². The topological polar surface area (TPSA) is 0 Å². The lowest BCUT2D eigenvalue weighted by molar-refractivity contribution is 1.61. The van der Waals surface area contributed by atoms with Gasteiger partial charge in [-0.05, 0) is 51.3 Å². The van der Waals surface area contributed by atoms with Crippen LogP contribution in [0, 0.1) is 3.57 Å². The van der Waals surface area contributed by atoms with Crippen molar-refractivity contribution in [2.24, 2.45) is 0 Å². The Labute approximate surface area is 82.6 Å². The van der Waals surface area contributed by atoms with Gasteiger partial charge in [-0.3, -0.25) is 0 Å². The summed E-state index contributed by atoms with van der Waals surface area (Å²) in [6.45, 7) is 0. The quantitative estimate of drug-likeness (QED) is 0.695. The second kappa shape index (κ2) is 4.13. The van der Waals surface area contributed by atoms with Crippen molar-refractivity contribution >= 4 is 44.6 Å². The largest absolute Gasteiger partial charge is 0.0606 e.